The van der Waals surface area contributed by atoms with E-state index in [1.807, 2.05) is 18.2 Å². The fourth-order valence-electron chi connectivity index (χ4n) is 3.54. The van der Waals surface area contributed by atoms with Gasteiger partial charge in [0.15, 0.2) is 0 Å². The van der Waals surface area contributed by atoms with Crippen LogP contribution in [0.3, 0.4) is 0 Å². The number of hydrogen-bond acceptors (Lipinski definition) is 3. The van der Waals surface area contributed by atoms with Gasteiger partial charge >= 0.3 is 0 Å². The lowest BCUT2D eigenvalue weighted by Gasteiger charge is -2.14. The van der Waals surface area contributed by atoms with Crippen molar-refractivity contribution in [2.75, 3.05) is 13.1 Å². The molecule has 1 fully saturated rings. The number of aromatic nitrogens is 2. The zero-order valence-corrected chi connectivity index (χ0v) is 15.7. The highest BCUT2D eigenvalue weighted by molar-refractivity contribution is 9.10. The third kappa shape index (κ3) is 3.08. The molecule has 0 saturated carbocycles. The van der Waals surface area contributed by atoms with E-state index in [1.165, 1.54) is 12.8 Å². The summed E-state index contributed by atoms with van der Waals surface area (Å²) in [6.45, 7) is 5.24. The Kier molecular flexibility index (Phi) is 4.32. The van der Waals surface area contributed by atoms with Gasteiger partial charge in [0.05, 0.1) is 16.6 Å². The molecule has 25 heavy (non-hydrogen) atoms. The lowest BCUT2D eigenvalue weighted by molar-refractivity contribution is 0.331. The predicted molar refractivity (Wildman–Crippen MR) is 103 cm³/mol. The number of nitrogens with zero attached hydrogens (tertiary/aromatic N) is 3. The van der Waals surface area contributed by atoms with E-state index < -0.39 is 0 Å². The fourth-order valence-corrected chi connectivity index (χ4v) is 3.91. The molecule has 2 aromatic carbocycles. The summed E-state index contributed by atoms with van der Waals surface area (Å²) in [6, 6.07) is 12.5. The van der Waals surface area contributed by atoms with E-state index in [1.54, 1.807) is 0 Å². The fraction of sp³-hybridized carbons (Fsp3) is 0.300. The monoisotopic (exact) mass is 394 g/mol. The molecular formula is C20H19BrN4. The molecule has 1 aromatic heterocycles. The number of hydrogen-bond donors (Lipinski definition) is 1. The van der Waals surface area contributed by atoms with Crippen LogP contribution in [0.15, 0.2) is 34.8 Å². The minimum absolute atomic E-state index is 0.665. The second kappa shape index (κ2) is 6.62. The molecular weight excluding hydrogens is 376 g/mol. The van der Waals surface area contributed by atoms with E-state index in [2.05, 4.69) is 50.9 Å². The van der Waals surface area contributed by atoms with Gasteiger partial charge in [-0.15, -0.1) is 0 Å². The molecule has 5 heteroatoms. The van der Waals surface area contributed by atoms with Crippen LogP contribution in [0, 0.1) is 18.3 Å². The van der Waals surface area contributed by atoms with E-state index in [9.17, 15) is 5.26 Å². The van der Waals surface area contributed by atoms with Gasteiger partial charge in [-0.05, 0) is 62.2 Å². The predicted octanol–water partition coefficient (Wildman–Crippen LogP) is 4.77. The second-order valence-corrected chi connectivity index (χ2v) is 7.48. The molecule has 3 aromatic rings. The van der Waals surface area contributed by atoms with Gasteiger partial charge in [-0.25, -0.2) is 4.98 Å². The highest BCUT2D eigenvalue weighted by Crippen LogP contribution is 2.30. The van der Waals surface area contributed by atoms with E-state index in [0.29, 0.717) is 5.56 Å². The molecule has 0 bridgehead atoms. The number of aromatic amines is 1. The van der Waals surface area contributed by atoms with Gasteiger partial charge < -0.3 is 4.98 Å². The first-order valence-electron chi connectivity index (χ1n) is 8.56. The Morgan fingerprint density at radius 3 is 2.84 bits per heavy atom. The number of H-pyrrole nitrogens is 1. The molecule has 0 aliphatic carbocycles. The molecule has 2 heterocycles. The molecule has 4 rings (SSSR count). The third-order valence-electron chi connectivity index (χ3n) is 4.90. The van der Waals surface area contributed by atoms with Crippen LogP contribution in [0.1, 0.15) is 29.5 Å². The van der Waals surface area contributed by atoms with Crippen LogP contribution in [0.25, 0.3) is 22.4 Å². The van der Waals surface area contributed by atoms with E-state index in [-0.39, 0.29) is 0 Å². The summed E-state index contributed by atoms with van der Waals surface area (Å²) in [7, 11) is 0. The number of imidazole rings is 1. The maximum atomic E-state index is 9.58. The third-order valence-corrected chi connectivity index (χ3v) is 5.76. The van der Waals surface area contributed by atoms with E-state index >= 15 is 0 Å². The van der Waals surface area contributed by atoms with Gasteiger partial charge in [-0.2, -0.15) is 5.26 Å². The van der Waals surface area contributed by atoms with Crippen molar-refractivity contribution in [3.63, 3.8) is 0 Å². The summed E-state index contributed by atoms with van der Waals surface area (Å²) in [5.41, 5.74) is 5.70. The van der Waals surface area contributed by atoms with Crippen molar-refractivity contribution in [1.82, 2.24) is 14.9 Å². The van der Waals surface area contributed by atoms with E-state index in [4.69, 9.17) is 4.98 Å². The first-order valence-corrected chi connectivity index (χ1v) is 9.35. The molecule has 1 saturated heterocycles. The number of nitrogens with one attached hydrogen (secondary N) is 1. The van der Waals surface area contributed by atoms with Gasteiger partial charge in [0, 0.05) is 16.6 Å². The Morgan fingerprint density at radius 2 is 2.08 bits per heavy atom. The highest BCUT2D eigenvalue weighted by atomic mass is 79.9. The van der Waals surface area contributed by atoms with Crippen LogP contribution in [0.4, 0.5) is 0 Å². The minimum Gasteiger partial charge on any atom is -0.337 e. The van der Waals surface area contributed by atoms with Crippen molar-refractivity contribution in [3.05, 3.63) is 51.5 Å². The highest BCUT2D eigenvalue weighted by Gasteiger charge is 2.16. The number of likely N-dealkylation sites (tertiary alicyclic amines) is 1. The van der Waals surface area contributed by atoms with Crippen LogP contribution < -0.4 is 0 Å². The minimum atomic E-state index is 0.665. The SMILES string of the molecule is Cc1c(Br)cccc1-c1nc2cc(CN3CCCC3)cc(C#N)c2[nH]1. The molecule has 126 valence electrons. The lowest BCUT2D eigenvalue weighted by atomic mass is 10.1. The number of halogens is 1. The van der Waals surface area contributed by atoms with Crippen LogP contribution in [0.2, 0.25) is 0 Å². The smallest absolute Gasteiger partial charge is 0.138 e. The lowest BCUT2D eigenvalue weighted by Crippen LogP contribution is -2.18. The van der Waals surface area contributed by atoms with Crippen molar-refractivity contribution in [2.45, 2.75) is 26.3 Å². The zero-order chi connectivity index (χ0) is 17.4. The first-order chi connectivity index (χ1) is 12.2. The largest absolute Gasteiger partial charge is 0.337 e. The van der Waals surface area contributed by atoms with Crippen LogP contribution in [0.5, 0.6) is 0 Å². The quantitative estimate of drug-likeness (QED) is 0.695. The molecule has 1 N–H and O–H groups in total. The van der Waals surface area contributed by atoms with Crippen molar-refractivity contribution < 1.29 is 0 Å². The molecule has 0 atom stereocenters. The Hall–Kier alpha value is -2.16. The summed E-state index contributed by atoms with van der Waals surface area (Å²) < 4.78 is 1.06. The standard InChI is InChI=1S/C20H19BrN4/c1-13-16(5-4-6-17(13)21)20-23-18-10-14(12-25-7-2-3-8-25)9-15(11-22)19(18)24-20/h4-6,9-10H,2-3,7-8,12H2,1H3,(H,23,24). The Morgan fingerprint density at radius 1 is 1.28 bits per heavy atom. The van der Waals surface area contributed by atoms with Crippen molar-refractivity contribution in [2.24, 2.45) is 0 Å². The maximum Gasteiger partial charge on any atom is 0.138 e. The Labute approximate surface area is 155 Å². The average Bonchev–Trinajstić information content (AvgIpc) is 3.26. The topological polar surface area (TPSA) is 55.7 Å². The van der Waals surface area contributed by atoms with Gasteiger partial charge in [-0.1, -0.05) is 28.1 Å². The summed E-state index contributed by atoms with van der Waals surface area (Å²) >= 11 is 3.58. The summed E-state index contributed by atoms with van der Waals surface area (Å²) in [4.78, 5) is 10.6. The van der Waals surface area contributed by atoms with Crippen molar-refractivity contribution >= 4 is 27.0 Å². The van der Waals surface area contributed by atoms with E-state index in [0.717, 1.165) is 57.7 Å². The molecule has 0 spiro atoms. The molecule has 0 radical (unpaired) electrons. The average molecular weight is 395 g/mol. The number of benzene rings is 2. The maximum absolute atomic E-state index is 9.58. The van der Waals surface area contributed by atoms with Crippen LogP contribution in [-0.4, -0.2) is 28.0 Å². The Balaban J connectivity index is 1.79. The summed E-state index contributed by atoms with van der Waals surface area (Å²) in [6.07, 6.45) is 2.53. The molecule has 0 unspecified atom stereocenters. The van der Waals surface area contributed by atoms with Gasteiger partial charge in [0.2, 0.25) is 0 Å². The first kappa shape index (κ1) is 16.3. The number of nitriles is 1. The zero-order valence-electron chi connectivity index (χ0n) is 14.1. The van der Waals surface area contributed by atoms with Gasteiger partial charge in [0.1, 0.15) is 11.9 Å². The van der Waals surface area contributed by atoms with Crippen molar-refractivity contribution in [1.29, 1.82) is 5.26 Å². The number of rotatable bonds is 3. The van der Waals surface area contributed by atoms with Crippen LogP contribution in [-0.2, 0) is 6.54 Å². The summed E-state index contributed by atoms with van der Waals surface area (Å²) in [5, 5.41) is 9.58. The molecule has 1 aliphatic heterocycles. The molecule has 4 nitrogen and oxygen atoms in total. The Bertz CT molecular complexity index is 977. The normalized spacial score (nSPS) is 14.9. The van der Waals surface area contributed by atoms with Crippen molar-refractivity contribution in [3.8, 4) is 17.5 Å². The second-order valence-electron chi connectivity index (χ2n) is 6.63. The number of fused-ring (bicyclic) bond motifs is 1. The van der Waals surface area contributed by atoms with Gasteiger partial charge in [0.25, 0.3) is 0 Å². The van der Waals surface area contributed by atoms with Gasteiger partial charge in [-0.3, -0.25) is 4.90 Å². The van der Waals surface area contributed by atoms with Crippen LogP contribution >= 0.6 is 15.9 Å². The summed E-state index contributed by atoms with van der Waals surface area (Å²) in [5.74, 6) is 0.809. The molecule has 0 amide bonds. The molecule has 1 aliphatic rings.